The molecule has 3 aromatic rings. The average molecular weight is 456 g/mol. The zero-order valence-electron chi connectivity index (χ0n) is 17.2. The van der Waals surface area contributed by atoms with Gasteiger partial charge in [-0.15, -0.1) is 0 Å². The molecule has 0 saturated heterocycles. The maximum atomic E-state index is 12.8. The molecule has 0 amide bonds. The Kier molecular flexibility index (Phi) is 6.90. The van der Waals surface area contributed by atoms with Crippen molar-refractivity contribution >= 4 is 33.3 Å². The van der Waals surface area contributed by atoms with E-state index in [9.17, 15) is 18.5 Å². The van der Waals surface area contributed by atoms with Crippen molar-refractivity contribution in [3.8, 4) is 11.5 Å². The summed E-state index contributed by atoms with van der Waals surface area (Å²) in [6.45, 7) is 0. The minimum atomic E-state index is -4.11. The fraction of sp³-hybridized carbons (Fsp3) is 0.0952. The monoisotopic (exact) mass is 456 g/mol. The molecule has 11 heteroatoms. The van der Waals surface area contributed by atoms with Gasteiger partial charge in [0.05, 0.1) is 35.9 Å². The molecule has 0 fully saturated rings. The molecule has 0 bridgehead atoms. The summed E-state index contributed by atoms with van der Waals surface area (Å²) in [5, 5.41) is 15.6. The van der Waals surface area contributed by atoms with Crippen LogP contribution >= 0.6 is 0 Å². The number of nitro benzene ring substituents is 1. The minimum absolute atomic E-state index is 0.0254. The van der Waals surface area contributed by atoms with Crippen LogP contribution in [0.2, 0.25) is 0 Å². The summed E-state index contributed by atoms with van der Waals surface area (Å²) in [6.07, 6.45) is 1.44. The quantitative estimate of drug-likeness (QED) is 0.284. The zero-order valence-corrected chi connectivity index (χ0v) is 18.0. The molecule has 0 aromatic heterocycles. The first-order valence-electron chi connectivity index (χ1n) is 9.22. The van der Waals surface area contributed by atoms with Crippen molar-refractivity contribution in [1.29, 1.82) is 0 Å². The van der Waals surface area contributed by atoms with Gasteiger partial charge in [-0.2, -0.15) is 5.10 Å². The normalized spacial score (nSPS) is 11.2. The van der Waals surface area contributed by atoms with Gasteiger partial charge in [0.1, 0.15) is 17.2 Å². The first-order chi connectivity index (χ1) is 15.4. The molecular formula is C21H20N4O6S. The van der Waals surface area contributed by atoms with Gasteiger partial charge in [-0.1, -0.05) is 24.3 Å². The Balaban J connectivity index is 1.87. The zero-order chi connectivity index (χ0) is 23.1. The number of nitrogens with zero attached hydrogens (tertiary/aromatic N) is 2. The minimum Gasteiger partial charge on any atom is -0.496 e. The van der Waals surface area contributed by atoms with Gasteiger partial charge in [-0.05, 0) is 36.4 Å². The molecule has 10 nitrogen and oxygen atoms in total. The van der Waals surface area contributed by atoms with E-state index in [0.717, 1.165) is 6.07 Å². The predicted molar refractivity (Wildman–Crippen MR) is 121 cm³/mol. The van der Waals surface area contributed by atoms with E-state index >= 15 is 0 Å². The molecule has 3 aromatic carbocycles. The lowest BCUT2D eigenvalue weighted by Crippen LogP contribution is -2.14. The van der Waals surface area contributed by atoms with Gasteiger partial charge in [-0.25, -0.2) is 8.42 Å². The molecule has 0 spiro atoms. The Bertz CT molecular complexity index is 1260. The van der Waals surface area contributed by atoms with Gasteiger partial charge < -0.3 is 9.47 Å². The number of ether oxygens (including phenoxy) is 2. The van der Waals surface area contributed by atoms with Crippen molar-refractivity contribution in [3.05, 3.63) is 82.4 Å². The van der Waals surface area contributed by atoms with E-state index in [4.69, 9.17) is 9.47 Å². The van der Waals surface area contributed by atoms with Crippen LogP contribution in [0, 0.1) is 10.1 Å². The van der Waals surface area contributed by atoms with Gasteiger partial charge in [0.15, 0.2) is 0 Å². The third kappa shape index (κ3) is 5.13. The van der Waals surface area contributed by atoms with Crippen LogP contribution < -0.4 is 19.6 Å². The van der Waals surface area contributed by atoms with Crippen LogP contribution in [0.3, 0.4) is 0 Å². The van der Waals surface area contributed by atoms with Crippen LogP contribution in [0.25, 0.3) is 0 Å². The number of methoxy groups -OCH3 is 2. The highest BCUT2D eigenvalue weighted by Crippen LogP contribution is 2.30. The standard InChI is InChI=1S/C21H20N4O6S/c1-30-20-9-5-3-7-15(20)14-22-23-17-12-11-16(13-19(17)25(26)27)32(28,29)24-18-8-4-6-10-21(18)31-2/h3-14,23-24H,1-2H3/b22-14+. The number of anilines is 2. The Hall–Kier alpha value is -4.12. The van der Waals surface area contributed by atoms with Crippen LogP contribution in [0.1, 0.15) is 5.56 Å². The number of hydrogen-bond acceptors (Lipinski definition) is 8. The summed E-state index contributed by atoms with van der Waals surface area (Å²) in [7, 11) is -1.18. The Morgan fingerprint density at radius 2 is 1.59 bits per heavy atom. The number of hydrogen-bond donors (Lipinski definition) is 2. The second-order valence-electron chi connectivity index (χ2n) is 6.35. The van der Waals surface area contributed by atoms with Crippen molar-refractivity contribution in [2.24, 2.45) is 5.10 Å². The Morgan fingerprint density at radius 3 is 2.28 bits per heavy atom. The summed E-state index contributed by atoms with van der Waals surface area (Å²) in [5.41, 5.74) is 3.02. The van der Waals surface area contributed by atoms with Crippen molar-refractivity contribution in [2.45, 2.75) is 4.90 Å². The van der Waals surface area contributed by atoms with Gasteiger partial charge in [0.25, 0.3) is 15.7 Å². The van der Waals surface area contributed by atoms with Gasteiger partial charge in [0.2, 0.25) is 0 Å². The van der Waals surface area contributed by atoms with Crippen LogP contribution in [-0.4, -0.2) is 33.8 Å². The molecule has 0 aliphatic carbocycles. The van der Waals surface area contributed by atoms with E-state index in [1.807, 2.05) is 0 Å². The average Bonchev–Trinajstić information content (AvgIpc) is 2.79. The molecule has 0 atom stereocenters. The number of benzene rings is 3. The first-order valence-corrected chi connectivity index (χ1v) is 10.7. The first kappa shape index (κ1) is 22.6. The Labute approximate surface area is 184 Å². The van der Waals surface area contributed by atoms with E-state index in [1.165, 1.54) is 38.6 Å². The number of nitrogens with one attached hydrogen (secondary N) is 2. The molecule has 3 rings (SSSR count). The molecule has 0 unspecified atom stereocenters. The fourth-order valence-corrected chi connectivity index (χ4v) is 3.89. The molecule has 0 aliphatic rings. The van der Waals surface area contributed by atoms with Gasteiger partial charge in [0, 0.05) is 11.6 Å². The van der Waals surface area contributed by atoms with E-state index in [1.54, 1.807) is 42.5 Å². The van der Waals surface area contributed by atoms with Crippen LogP contribution in [0.4, 0.5) is 17.1 Å². The lowest BCUT2D eigenvalue weighted by molar-refractivity contribution is -0.384. The highest BCUT2D eigenvalue weighted by atomic mass is 32.2. The predicted octanol–water partition coefficient (Wildman–Crippen LogP) is 3.86. The highest BCUT2D eigenvalue weighted by molar-refractivity contribution is 7.92. The molecule has 32 heavy (non-hydrogen) atoms. The Morgan fingerprint density at radius 1 is 0.938 bits per heavy atom. The maximum absolute atomic E-state index is 12.8. The smallest absolute Gasteiger partial charge is 0.295 e. The second-order valence-corrected chi connectivity index (χ2v) is 8.04. The van der Waals surface area contributed by atoms with E-state index in [-0.39, 0.29) is 16.3 Å². The maximum Gasteiger partial charge on any atom is 0.295 e. The summed E-state index contributed by atoms with van der Waals surface area (Å²) in [5.74, 6) is 0.894. The largest absolute Gasteiger partial charge is 0.496 e. The summed E-state index contributed by atoms with van der Waals surface area (Å²) in [4.78, 5) is 10.6. The van der Waals surface area contributed by atoms with E-state index in [2.05, 4.69) is 15.2 Å². The molecule has 0 radical (unpaired) electrons. The van der Waals surface area contributed by atoms with Crippen LogP contribution in [0.15, 0.2) is 76.7 Å². The van der Waals surface area contributed by atoms with Gasteiger partial charge in [-0.3, -0.25) is 20.3 Å². The van der Waals surface area contributed by atoms with E-state index < -0.39 is 20.6 Å². The third-order valence-corrected chi connectivity index (χ3v) is 5.72. The summed E-state index contributed by atoms with van der Waals surface area (Å²) < 4.78 is 38.3. The van der Waals surface area contributed by atoms with Crippen molar-refractivity contribution < 1.29 is 22.8 Å². The van der Waals surface area contributed by atoms with Crippen molar-refractivity contribution in [3.63, 3.8) is 0 Å². The van der Waals surface area contributed by atoms with Crippen molar-refractivity contribution in [1.82, 2.24) is 0 Å². The molecule has 0 saturated carbocycles. The number of para-hydroxylation sites is 3. The topological polar surface area (TPSA) is 132 Å². The fourth-order valence-electron chi connectivity index (χ4n) is 2.80. The second kappa shape index (κ2) is 9.79. The lowest BCUT2D eigenvalue weighted by Gasteiger charge is -2.12. The van der Waals surface area contributed by atoms with Crippen LogP contribution in [0.5, 0.6) is 11.5 Å². The number of nitro groups is 1. The molecule has 2 N–H and O–H groups in total. The molecule has 0 aliphatic heterocycles. The lowest BCUT2D eigenvalue weighted by atomic mass is 10.2. The molecule has 166 valence electrons. The number of rotatable bonds is 9. The number of hydrazone groups is 1. The molecular weight excluding hydrogens is 436 g/mol. The third-order valence-electron chi connectivity index (χ3n) is 4.36. The highest BCUT2D eigenvalue weighted by Gasteiger charge is 2.22. The summed E-state index contributed by atoms with van der Waals surface area (Å²) in [6, 6.07) is 17.0. The SMILES string of the molecule is COc1ccccc1/C=N/Nc1ccc(S(=O)(=O)Nc2ccccc2OC)cc1[N+](=O)[O-]. The van der Waals surface area contributed by atoms with Crippen molar-refractivity contribution in [2.75, 3.05) is 24.4 Å². The number of sulfonamides is 1. The molecule has 0 heterocycles. The van der Waals surface area contributed by atoms with Crippen LogP contribution in [-0.2, 0) is 10.0 Å². The summed E-state index contributed by atoms with van der Waals surface area (Å²) >= 11 is 0. The van der Waals surface area contributed by atoms with E-state index in [0.29, 0.717) is 17.1 Å². The van der Waals surface area contributed by atoms with Gasteiger partial charge >= 0.3 is 0 Å².